The van der Waals surface area contributed by atoms with Crippen LogP contribution in [0.2, 0.25) is 0 Å². The Kier molecular flexibility index (Phi) is 6.39. The third-order valence-corrected chi connectivity index (χ3v) is 5.25. The van der Waals surface area contributed by atoms with Gasteiger partial charge in [0.25, 0.3) is 15.9 Å². The number of carbonyl (C=O) groups is 1. The van der Waals surface area contributed by atoms with E-state index in [9.17, 15) is 13.2 Å². The standard InChI is InChI=1S/C19H24N2O4S/c1-13-5-9-17(10-6-13)26(23,24)21-18-11-16(8-7-14(18)2)19(22)20-15(3)12-25-4/h5-11,15,21H,12H2,1-4H3,(H,20,22)/t15-/m0/s1. The topological polar surface area (TPSA) is 84.5 Å². The summed E-state index contributed by atoms with van der Waals surface area (Å²) in [6.07, 6.45) is 0. The van der Waals surface area contributed by atoms with Crippen LogP contribution in [0.25, 0.3) is 0 Å². The van der Waals surface area contributed by atoms with E-state index in [2.05, 4.69) is 10.0 Å². The van der Waals surface area contributed by atoms with Gasteiger partial charge in [0.05, 0.1) is 17.2 Å². The Balaban J connectivity index is 2.24. The summed E-state index contributed by atoms with van der Waals surface area (Å²) in [5, 5.41) is 2.80. The molecule has 140 valence electrons. The molecular formula is C19H24N2O4S. The number of sulfonamides is 1. The molecular weight excluding hydrogens is 352 g/mol. The molecule has 0 bridgehead atoms. The molecule has 2 rings (SSSR count). The molecule has 0 aliphatic heterocycles. The maximum absolute atomic E-state index is 12.6. The Morgan fingerprint density at radius 3 is 2.38 bits per heavy atom. The molecule has 0 saturated heterocycles. The van der Waals surface area contributed by atoms with Gasteiger partial charge in [-0.3, -0.25) is 9.52 Å². The molecule has 0 spiro atoms. The lowest BCUT2D eigenvalue weighted by atomic mass is 10.1. The smallest absolute Gasteiger partial charge is 0.261 e. The van der Waals surface area contributed by atoms with Gasteiger partial charge >= 0.3 is 0 Å². The van der Waals surface area contributed by atoms with Crippen molar-refractivity contribution in [2.45, 2.75) is 31.7 Å². The first-order chi connectivity index (χ1) is 12.2. The fraction of sp³-hybridized carbons (Fsp3) is 0.316. The van der Waals surface area contributed by atoms with E-state index in [0.717, 1.165) is 11.1 Å². The number of hydrogen-bond donors (Lipinski definition) is 2. The number of carbonyl (C=O) groups excluding carboxylic acids is 1. The maximum Gasteiger partial charge on any atom is 0.261 e. The highest BCUT2D eigenvalue weighted by Crippen LogP contribution is 2.21. The van der Waals surface area contributed by atoms with Crippen LogP contribution in [0.5, 0.6) is 0 Å². The largest absolute Gasteiger partial charge is 0.383 e. The molecule has 2 aromatic carbocycles. The summed E-state index contributed by atoms with van der Waals surface area (Å²) in [6.45, 7) is 5.89. The lowest BCUT2D eigenvalue weighted by molar-refractivity contribution is 0.0905. The number of rotatable bonds is 7. The minimum atomic E-state index is -3.73. The lowest BCUT2D eigenvalue weighted by Crippen LogP contribution is -2.35. The second-order valence-corrected chi connectivity index (χ2v) is 7.96. The lowest BCUT2D eigenvalue weighted by Gasteiger charge is -2.15. The summed E-state index contributed by atoms with van der Waals surface area (Å²) in [5.41, 5.74) is 2.45. The van der Waals surface area contributed by atoms with Gasteiger partial charge in [-0.05, 0) is 50.6 Å². The zero-order valence-electron chi connectivity index (χ0n) is 15.4. The zero-order chi connectivity index (χ0) is 19.3. The van der Waals surface area contributed by atoms with E-state index >= 15 is 0 Å². The Bertz CT molecular complexity index is 877. The number of methoxy groups -OCH3 is 1. The van der Waals surface area contributed by atoms with Crippen LogP contribution in [0, 0.1) is 13.8 Å². The number of amides is 1. The molecule has 26 heavy (non-hydrogen) atoms. The first-order valence-electron chi connectivity index (χ1n) is 8.23. The van der Waals surface area contributed by atoms with Gasteiger partial charge in [-0.15, -0.1) is 0 Å². The highest BCUT2D eigenvalue weighted by atomic mass is 32.2. The summed E-state index contributed by atoms with van der Waals surface area (Å²) in [4.78, 5) is 12.5. The summed E-state index contributed by atoms with van der Waals surface area (Å²) >= 11 is 0. The monoisotopic (exact) mass is 376 g/mol. The number of benzene rings is 2. The number of nitrogens with one attached hydrogen (secondary N) is 2. The third-order valence-electron chi connectivity index (χ3n) is 3.87. The van der Waals surface area contributed by atoms with Gasteiger partial charge in [0, 0.05) is 18.7 Å². The van der Waals surface area contributed by atoms with Gasteiger partial charge < -0.3 is 10.1 Å². The van der Waals surface area contributed by atoms with Crippen molar-refractivity contribution in [2.75, 3.05) is 18.4 Å². The Morgan fingerprint density at radius 1 is 1.12 bits per heavy atom. The quantitative estimate of drug-likeness (QED) is 0.778. The van der Waals surface area contributed by atoms with Crippen molar-refractivity contribution < 1.29 is 17.9 Å². The van der Waals surface area contributed by atoms with Gasteiger partial charge in [0.15, 0.2) is 0 Å². The molecule has 2 aromatic rings. The van der Waals surface area contributed by atoms with Crippen LogP contribution >= 0.6 is 0 Å². The summed E-state index contributed by atoms with van der Waals surface area (Å²) in [5.74, 6) is -0.287. The van der Waals surface area contributed by atoms with E-state index in [1.807, 2.05) is 13.8 Å². The first-order valence-corrected chi connectivity index (χ1v) is 9.71. The zero-order valence-corrected chi connectivity index (χ0v) is 16.2. The van der Waals surface area contributed by atoms with Crippen LogP contribution in [-0.2, 0) is 14.8 Å². The molecule has 0 fully saturated rings. The van der Waals surface area contributed by atoms with E-state index in [1.54, 1.807) is 50.4 Å². The van der Waals surface area contributed by atoms with Crippen molar-refractivity contribution in [3.05, 3.63) is 59.2 Å². The molecule has 0 aliphatic rings. The molecule has 7 heteroatoms. The van der Waals surface area contributed by atoms with Gasteiger partial charge in [0.2, 0.25) is 0 Å². The van der Waals surface area contributed by atoms with Crippen molar-refractivity contribution in [1.82, 2.24) is 5.32 Å². The highest BCUT2D eigenvalue weighted by molar-refractivity contribution is 7.92. The van der Waals surface area contributed by atoms with Crippen molar-refractivity contribution in [2.24, 2.45) is 0 Å². The van der Waals surface area contributed by atoms with Crippen molar-refractivity contribution in [1.29, 1.82) is 0 Å². The van der Waals surface area contributed by atoms with Gasteiger partial charge in [-0.25, -0.2) is 8.42 Å². The SMILES string of the molecule is COC[C@H](C)NC(=O)c1ccc(C)c(NS(=O)(=O)c2ccc(C)cc2)c1. The average molecular weight is 376 g/mol. The van der Waals surface area contributed by atoms with Crippen LogP contribution in [-0.4, -0.2) is 34.1 Å². The fourth-order valence-corrected chi connectivity index (χ4v) is 3.51. The van der Waals surface area contributed by atoms with Crippen LogP contribution < -0.4 is 10.0 Å². The molecule has 0 radical (unpaired) electrons. The first kappa shape index (κ1) is 19.9. The maximum atomic E-state index is 12.6. The van der Waals surface area contributed by atoms with E-state index in [4.69, 9.17) is 4.74 Å². The molecule has 2 N–H and O–H groups in total. The van der Waals surface area contributed by atoms with E-state index < -0.39 is 10.0 Å². The summed E-state index contributed by atoms with van der Waals surface area (Å²) in [6, 6.07) is 11.3. The Morgan fingerprint density at radius 2 is 1.77 bits per heavy atom. The molecule has 0 unspecified atom stereocenters. The number of aryl methyl sites for hydroxylation is 2. The van der Waals surface area contributed by atoms with Gasteiger partial charge in [-0.2, -0.15) is 0 Å². The predicted molar refractivity (Wildman–Crippen MR) is 102 cm³/mol. The van der Waals surface area contributed by atoms with Crippen LogP contribution in [0.15, 0.2) is 47.4 Å². The molecule has 1 atom stereocenters. The second-order valence-electron chi connectivity index (χ2n) is 6.28. The normalized spacial score (nSPS) is 12.5. The minimum Gasteiger partial charge on any atom is -0.383 e. The van der Waals surface area contributed by atoms with Crippen LogP contribution in [0.4, 0.5) is 5.69 Å². The van der Waals surface area contributed by atoms with Crippen molar-refractivity contribution >= 4 is 21.6 Å². The number of hydrogen-bond acceptors (Lipinski definition) is 4. The van der Waals surface area contributed by atoms with Gasteiger partial charge in [-0.1, -0.05) is 23.8 Å². The molecule has 0 aromatic heterocycles. The highest BCUT2D eigenvalue weighted by Gasteiger charge is 2.17. The van der Waals surface area contributed by atoms with E-state index in [-0.39, 0.29) is 16.8 Å². The third kappa shape index (κ3) is 5.06. The Labute approximate surface area is 154 Å². The van der Waals surface area contributed by atoms with Crippen LogP contribution in [0.1, 0.15) is 28.4 Å². The molecule has 6 nitrogen and oxygen atoms in total. The van der Waals surface area contributed by atoms with E-state index in [0.29, 0.717) is 17.9 Å². The number of anilines is 1. The van der Waals surface area contributed by atoms with Crippen molar-refractivity contribution in [3.63, 3.8) is 0 Å². The average Bonchev–Trinajstić information content (AvgIpc) is 2.57. The van der Waals surface area contributed by atoms with Crippen molar-refractivity contribution in [3.8, 4) is 0 Å². The van der Waals surface area contributed by atoms with E-state index in [1.165, 1.54) is 6.07 Å². The minimum absolute atomic E-state index is 0.151. The Hall–Kier alpha value is -2.38. The fourth-order valence-electron chi connectivity index (χ4n) is 2.39. The summed E-state index contributed by atoms with van der Waals surface area (Å²) < 4.78 is 32.7. The van der Waals surface area contributed by atoms with Crippen LogP contribution in [0.3, 0.4) is 0 Å². The predicted octanol–water partition coefficient (Wildman–Crippen LogP) is 2.87. The summed E-state index contributed by atoms with van der Waals surface area (Å²) in [7, 11) is -2.17. The second kappa shape index (κ2) is 8.33. The molecule has 0 heterocycles. The molecule has 1 amide bonds. The molecule has 0 saturated carbocycles. The van der Waals surface area contributed by atoms with Gasteiger partial charge in [0.1, 0.15) is 0 Å². The molecule has 0 aliphatic carbocycles. The number of ether oxygens (including phenoxy) is 1.